The third kappa shape index (κ3) is 7.53. The molecule has 0 aliphatic heterocycles. The van der Waals surface area contributed by atoms with Gasteiger partial charge >= 0.3 is 6.03 Å². The highest BCUT2D eigenvalue weighted by atomic mass is 32.2. The van der Waals surface area contributed by atoms with E-state index >= 15 is 0 Å². The fraction of sp³-hybridized carbons (Fsp3) is 0.250. The number of nitrogens with one attached hydrogen (secondary N) is 1. The van der Waals surface area contributed by atoms with Crippen LogP contribution in [0.25, 0.3) is 6.08 Å². The molecule has 0 spiro atoms. The first-order valence-electron chi connectivity index (χ1n) is 8.45. The Bertz CT molecular complexity index is 720. The molecule has 1 heterocycles. The van der Waals surface area contributed by atoms with Crippen LogP contribution in [0.2, 0.25) is 0 Å². The van der Waals surface area contributed by atoms with Crippen molar-refractivity contribution < 1.29 is 9.59 Å². The number of amides is 2. The summed E-state index contributed by atoms with van der Waals surface area (Å²) in [6.45, 7) is 2.54. The molecule has 0 unspecified atom stereocenters. The fourth-order valence-corrected chi connectivity index (χ4v) is 2.81. The summed E-state index contributed by atoms with van der Waals surface area (Å²) in [5, 5.41) is 2.98. The largest absolute Gasteiger partial charge is 0.337 e. The maximum atomic E-state index is 12.5. The van der Waals surface area contributed by atoms with Crippen LogP contribution in [0.1, 0.15) is 18.1 Å². The summed E-state index contributed by atoms with van der Waals surface area (Å²) in [7, 11) is 0. The Morgan fingerprint density at radius 2 is 1.88 bits per heavy atom. The van der Waals surface area contributed by atoms with E-state index in [0.29, 0.717) is 18.8 Å². The van der Waals surface area contributed by atoms with Crippen LogP contribution in [0.15, 0.2) is 61.1 Å². The molecule has 2 amide bonds. The highest BCUT2D eigenvalue weighted by molar-refractivity contribution is 8.13. The van der Waals surface area contributed by atoms with Gasteiger partial charge in [0.05, 0.1) is 0 Å². The number of pyridine rings is 1. The van der Waals surface area contributed by atoms with Crippen LogP contribution in [-0.2, 0) is 11.2 Å². The summed E-state index contributed by atoms with van der Waals surface area (Å²) in [4.78, 5) is 29.2. The molecule has 1 aromatic heterocycles. The number of carbonyl (C=O) groups excluding carboxylic acids is 2. The third-order valence-electron chi connectivity index (χ3n) is 3.58. The van der Waals surface area contributed by atoms with E-state index in [1.54, 1.807) is 23.5 Å². The number of nitrogens with zero attached hydrogens (tertiary/aromatic N) is 2. The van der Waals surface area contributed by atoms with Crippen LogP contribution in [0, 0.1) is 0 Å². The number of urea groups is 1. The molecule has 0 bridgehead atoms. The van der Waals surface area contributed by atoms with Crippen LogP contribution in [0.4, 0.5) is 4.79 Å². The van der Waals surface area contributed by atoms with Gasteiger partial charge in [0.2, 0.25) is 0 Å². The summed E-state index contributed by atoms with van der Waals surface area (Å²) >= 11 is 1.22. The number of hydrogen-bond acceptors (Lipinski definition) is 4. The molecule has 1 N–H and O–H groups in total. The minimum Gasteiger partial charge on any atom is -0.337 e. The molecule has 0 atom stereocenters. The van der Waals surface area contributed by atoms with Gasteiger partial charge in [-0.2, -0.15) is 0 Å². The summed E-state index contributed by atoms with van der Waals surface area (Å²) < 4.78 is 0. The molecule has 0 radical (unpaired) electrons. The molecule has 0 saturated heterocycles. The van der Waals surface area contributed by atoms with E-state index in [4.69, 9.17) is 0 Å². The number of carbonyl (C=O) groups is 2. The zero-order valence-corrected chi connectivity index (χ0v) is 15.6. The van der Waals surface area contributed by atoms with Gasteiger partial charge in [0.15, 0.2) is 5.12 Å². The number of thioether (sulfide) groups is 1. The normalized spacial score (nSPS) is 10.7. The fourth-order valence-electron chi connectivity index (χ4n) is 2.24. The van der Waals surface area contributed by atoms with Crippen molar-refractivity contribution in [2.24, 2.45) is 0 Å². The molecule has 0 aliphatic carbocycles. The van der Waals surface area contributed by atoms with Crippen molar-refractivity contribution >= 4 is 29.0 Å². The van der Waals surface area contributed by atoms with Crippen molar-refractivity contribution in [1.29, 1.82) is 0 Å². The van der Waals surface area contributed by atoms with Gasteiger partial charge in [-0.15, -0.1) is 0 Å². The smallest absolute Gasteiger partial charge is 0.321 e. The Labute approximate surface area is 158 Å². The molecule has 0 aliphatic rings. The Hall–Kier alpha value is -2.60. The Morgan fingerprint density at radius 1 is 1.15 bits per heavy atom. The topological polar surface area (TPSA) is 62.3 Å². The SMILES string of the molecule is CC(=O)SCCN(C=Cc1ccccc1)C(=O)NCCc1ccncc1. The first kappa shape index (κ1) is 19.7. The quantitative estimate of drug-likeness (QED) is 0.772. The Balaban J connectivity index is 1.91. The van der Waals surface area contributed by atoms with Crippen molar-refractivity contribution in [2.75, 3.05) is 18.8 Å². The summed E-state index contributed by atoms with van der Waals surface area (Å²) in [5.41, 5.74) is 2.14. The number of hydrogen-bond donors (Lipinski definition) is 1. The first-order chi connectivity index (χ1) is 12.6. The number of rotatable bonds is 8. The summed E-state index contributed by atoms with van der Waals surface area (Å²) in [6.07, 6.45) is 7.88. The molecule has 2 aromatic rings. The van der Waals surface area contributed by atoms with E-state index in [0.717, 1.165) is 17.5 Å². The second kappa shape index (κ2) is 11.1. The maximum absolute atomic E-state index is 12.5. The van der Waals surface area contributed by atoms with Gasteiger partial charge < -0.3 is 10.2 Å². The predicted octanol–water partition coefficient (Wildman–Crippen LogP) is 3.59. The van der Waals surface area contributed by atoms with E-state index in [9.17, 15) is 9.59 Å². The van der Waals surface area contributed by atoms with Crippen molar-refractivity contribution in [2.45, 2.75) is 13.3 Å². The van der Waals surface area contributed by atoms with Crippen molar-refractivity contribution in [3.8, 4) is 0 Å². The van der Waals surface area contributed by atoms with E-state index < -0.39 is 0 Å². The van der Waals surface area contributed by atoms with Gasteiger partial charge in [-0.1, -0.05) is 42.1 Å². The number of benzene rings is 1. The summed E-state index contributed by atoms with van der Waals surface area (Å²) in [5.74, 6) is 0.562. The average Bonchev–Trinajstić information content (AvgIpc) is 2.66. The first-order valence-corrected chi connectivity index (χ1v) is 9.43. The van der Waals surface area contributed by atoms with Gasteiger partial charge in [-0.3, -0.25) is 9.78 Å². The molecule has 0 fully saturated rings. The lowest BCUT2D eigenvalue weighted by atomic mass is 10.2. The van der Waals surface area contributed by atoms with Crippen LogP contribution in [0.3, 0.4) is 0 Å². The zero-order chi connectivity index (χ0) is 18.6. The molecule has 6 heteroatoms. The maximum Gasteiger partial charge on any atom is 0.321 e. The van der Waals surface area contributed by atoms with Crippen LogP contribution in [0.5, 0.6) is 0 Å². The standard InChI is InChI=1S/C20H23N3O2S/c1-17(24)26-16-15-23(14-10-18-5-3-2-4-6-18)20(25)22-13-9-19-7-11-21-12-8-19/h2-8,10-12,14H,9,13,15-16H2,1H3,(H,22,25). The van der Waals surface area contributed by atoms with Crippen molar-refractivity contribution in [3.05, 3.63) is 72.2 Å². The molecule has 5 nitrogen and oxygen atoms in total. The van der Waals surface area contributed by atoms with Gasteiger partial charge in [0.25, 0.3) is 0 Å². The summed E-state index contributed by atoms with van der Waals surface area (Å²) in [6, 6.07) is 13.5. The Morgan fingerprint density at radius 3 is 2.58 bits per heavy atom. The van der Waals surface area contributed by atoms with E-state index in [2.05, 4.69) is 10.3 Å². The zero-order valence-electron chi connectivity index (χ0n) is 14.8. The lowest BCUT2D eigenvalue weighted by Crippen LogP contribution is -2.38. The number of aromatic nitrogens is 1. The van der Waals surface area contributed by atoms with Crippen LogP contribution in [-0.4, -0.2) is 39.9 Å². The highest BCUT2D eigenvalue weighted by Crippen LogP contribution is 2.06. The monoisotopic (exact) mass is 369 g/mol. The molecular formula is C20H23N3O2S. The lowest BCUT2D eigenvalue weighted by Gasteiger charge is -2.19. The second-order valence-electron chi connectivity index (χ2n) is 5.60. The van der Waals surface area contributed by atoms with Crippen LogP contribution >= 0.6 is 11.8 Å². The Kier molecular flexibility index (Phi) is 8.42. The van der Waals surface area contributed by atoms with Gasteiger partial charge in [-0.05, 0) is 35.8 Å². The average molecular weight is 369 g/mol. The molecular weight excluding hydrogens is 346 g/mol. The third-order valence-corrected chi connectivity index (χ3v) is 4.38. The predicted molar refractivity (Wildman–Crippen MR) is 107 cm³/mol. The highest BCUT2D eigenvalue weighted by Gasteiger charge is 2.10. The second-order valence-corrected chi connectivity index (χ2v) is 6.87. The molecule has 26 heavy (non-hydrogen) atoms. The van der Waals surface area contributed by atoms with Crippen LogP contribution < -0.4 is 5.32 Å². The van der Waals surface area contributed by atoms with Crippen molar-refractivity contribution in [1.82, 2.24) is 15.2 Å². The van der Waals surface area contributed by atoms with Gasteiger partial charge in [0.1, 0.15) is 0 Å². The van der Waals surface area contributed by atoms with Gasteiger partial charge in [0, 0.05) is 44.4 Å². The minimum atomic E-state index is -0.171. The van der Waals surface area contributed by atoms with Gasteiger partial charge in [-0.25, -0.2) is 4.79 Å². The molecule has 136 valence electrons. The lowest BCUT2D eigenvalue weighted by molar-refractivity contribution is -0.109. The molecule has 2 rings (SSSR count). The van der Waals surface area contributed by atoms with E-state index in [1.165, 1.54) is 18.7 Å². The van der Waals surface area contributed by atoms with E-state index in [1.807, 2.05) is 48.5 Å². The molecule has 0 saturated carbocycles. The van der Waals surface area contributed by atoms with E-state index in [-0.39, 0.29) is 11.1 Å². The molecule has 1 aromatic carbocycles. The minimum absolute atomic E-state index is 0.0510. The van der Waals surface area contributed by atoms with Crippen molar-refractivity contribution in [3.63, 3.8) is 0 Å².